The Morgan fingerprint density at radius 3 is 2.60 bits per heavy atom. The number of ether oxygens (including phenoxy) is 2. The molecule has 0 radical (unpaired) electrons. The van der Waals surface area contributed by atoms with Crippen LogP contribution in [0.3, 0.4) is 0 Å². The minimum Gasteiger partial charge on any atom is -0.496 e. The van der Waals surface area contributed by atoms with Crippen molar-refractivity contribution in [3.05, 3.63) is 76.9 Å². The molecule has 0 aliphatic rings. The monoisotopic (exact) mass is 331 g/mol. The number of nitrogens with zero attached hydrogens (tertiary/aromatic N) is 1. The van der Waals surface area contributed by atoms with Crippen LogP contribution in [-0.2, 0) is 11.2 Å². The molecule has 0 unspecified atom stereocenters. The van der Waals surface area contributed by atoms with Crippen LogP contribution in [0.1, 0.15) is 27.0 Å². The fourth-order valence-electron chi connectivity index (χ4n) is 2.90. The van der Waals surface area contributed by atoms with Gasteiger partial charge in [0.1, 0.15) is 5.75 Å². The van der Waals surface area contributed by atoms with Crippen LogP contribution in [0, 0.1) is 11.3 Å². The van der Waals surface area contributed by atoms with Crippen LogP contribution >= 0.6 is 0 Å². The maximum atomic E-state index is 11.7. The van der Waals surface area contributed by atoms with E-state index in [9.17, 15) is 4.79 Å². The summed E-state index contributed by atoms with van der Waals surface area (Å²) < 4.78 is 10.2. The zero-order valence-electron chi connectivity index (χ0n) is 14.1. The van der Waals surface area contributed by atoms with Gasteiger partial charge in [-0.15, -0.1) is 0 Å². The van der Waals surface area contributed by atoms with Gasteiger partial charge in [-0.25, -0.2) is 4.79 Å². The normalized spacial score (nSPS) is 10.3. The number of carbonyl (C=O) groups excluding carboxylic acids is 1. The van der Waals surface area contributed by atoms with Gasteiger partial charge < -0.3 is 9.47 Å². The molecule has 0 N–H and O–H groups in total. The van der Waals surface area contributed by atoms with Crippen molar-refractivity contribution in [1.82, 2.24) is 0 Å². The predicted octanol–water partition coefficient (Wildman–Crippen LogP) is 4.10. The second-order valence-corrected chi connectivity index (χ2v) is 5.66. The molecule has 3 rings (SSSR count). The van der Waals surface area contributed by atoms with Crippen molar-refractivity contribution >= 4 is 16.7 Å². The van der Waals surface area contributed by atoms with Crippen LogP contribution in [0.4, 0.5) is 0 Å². The molecule has 0 atom stereocenters. The van der Waals surface area contributed by atoms with Crippen LogP contribution < -0.4 is 4.74 Å². The molecule has 0 aromatic heterocycles. The Balaban J connectivity index is 2.04. The second kappa shape index (κ2) is 7.06. The number of nitriles is 1. The van der Waals surface area contributed by atoms with Crippen molar-refractivity contribution in [2.24, 2.45) is 0 Å². The molecule has 0 saturated heterocycles. The summed E-state index contributed by atoms with van der Waals surface area (Å²) in [6, 6.07) is 19.2. The first-order valence-corrected chi connectivity index (χ1v) is 7.83. The third-order valence-electron chi connectivity index (χ3n) is 4.19. The first-order chi connectivity index (χ1) is 12.2. The molecule has 124 valence electrons. The van der Waals surface area contributed by atoms with Gasteiger partial charge in [0.15, 0.2) is 0 Å². The highest BCUT2D eigenvalue weighted by molar-refractivity contribution is 5.90. The van der Waals surface area contributed by atoms with Gasteiger partial charge in [-0.3, -0.25) is 0 Å². The van der Waals surface area contributed by atoms with E-state index in [0.717, 1.165) is 21.9 Å². The van der Waals surface area contributed by atoms with E-state index >= 15 is 0 Å². The van der Waals surface area contributed by atoms with Gasteiger partial charge in [-0.2, -0.15) is 5.26 Å². The van der Waals surface area contributed by atoms with Gasteiger partial charge in [-0.05, 0) is 46.2 Å². The van der Waals surface area contributed by atoms with E-state index in [-0.39, 0.29) is 0 Å². The summed E-state index contributed by atoms with van der Waals surface area (Å²) in [4.78, 5) is 11.7. The molecule has 0 amide bonds. The zero-order valence-corrected chi connectivity index (χ0v) is 14.1. The SMILES string of the molecule is COC(=O)c1ccc(Cc2cccc3ccc(C#N)cc23)c(OC)c1. The van der Waals surface area contributed by atoms with Gasteiger partial charge in [0.2, 0.25) is 0 Å². The summed E-state index contributed by atoms with van der Waals surface area (Å²) in [5.74, 6) is 0.241. The summed E-state index contributed by atoms with van der Waals surface area (Å²) in [5, 5.41) is 11.3. The topological polar surface area (TPSA) is 59.3 Å². The average molecular weight is 331 g/mol. The lowest BCUT2D eigenvalue weighted by Crippen LogP contribution is -2.03. The Morgan fingerprint density at radius 2 is 1.88 bits per heavy atom. The van der Waals surface area contributed by atoms with Crippen LogP contribution in [0.5, 0.6) is 5.75 Å². The van der Waals surface area contributed by atoms with Crippen molar-refractivity contribution in [2.45, 2.75) is 6.42 Å². The van der Waals surface area contributed by atoms with Crippen molar-refractivity contribution in [1.29, 1.82) is 5.26 Å². The van der Waals surface area contributed by atoms with Gasteiger partial charge in [0.05, 0.1) is 31.4 Å². The molecule has 0 aliphatic carbocycles. The Kier molecular flexibility index (Phi) is 4.67. The Morgan fingerprint density at radius 1 is 1.04 bits per heavy atom. The number of fused-ring (bicyclic) bond motifs is 1. The van der Waals surface area contributed by atoms with Crippen molar-refractivity contribution in [2.75, 3.05) is 14.2 Å². The average Bonchev–Trinajstić information content (AvgIpc) is 2.67. The molecule has 4 heteroatoms. The molecular formula is C21H17NO3. The smallest absolute Gasteiger partial charge is 0.337 e. The van der Waals surface area contributed by atoms with Crippen LogP contribution in [0.25, 0.3) is 10.8 Å². The molecule has 4 nitrogen and oxygen atoms in total. The molecular weight excluding hydrogens is 314 g/mol. The van der Waals surface area contributed by atoms with Gasteiger partial charge in [-0.1, -0.05) is 30.3 Å². The first-order valence-electron chi connectivity index (χ1n) is 7.83. The van der Waals surface area contributed by atoms with E-state index in [1.165, 1.54) is 7.11 Å². The molecule has 0 heterocycles. The van der Waals surface area contributed by atoms with E-state index in [1.54, 1.807) is 19.2 Å². The molecule has 0 spiro atoms. The lowest BCUT2D eigenvalue weighted by molar-refractivity contribution is 0.0600. The quantitative estimate of drug-likeness (QED) is 0.675. The number of benzene rings is 3. The number of hydrogen-bond donors (Lipinski definition) is 0. The standard InChI is InChI=1S/C21H17NO3/c1-24-20-12-18(21(23)25-2)9-8-17(20)11-16-5-3-4-15-7-6-14(13-22)10-19(15)16/h3-10,12H,11H2,1-2H3. The summed E-state index contributed by atoms with van der Waals surface area (Å²) in [6.45, 7) is 0. The minimum absolute atomic E-state index is 0.395. The molecule has 0 fully saturated rings. The van der Waals surface area contributed by atoms with Crippen LogP contribution in [0.2, 0.25) is 0 Å². The number of esters is 1. The van der Waals surface area contributed by atoms with Crippen LogP contribution in [-0.4, -0.2) is 20.2 Å². The largest absolute Gasteiger partial charge is 0.496 e. The van der Waals surface area contributed by atoms with Gasteiger partial charge in [0, 0.05) is 6.42 Å². The maximum Gasteiger partial charge on any atom is 0.337 e. The number of hydrogen-bond acceptors (Lipinski definition) is 4. The molecule has 0 aliphatic heterocycles. The Bertz CT molecular complexity index is 986. The highest BCUT2D eigenvalue weighted by Crippen LogP contribution is 2.27. The number of methoxy groups -OCH3 is 2. The van der Waals surface area contributed by atoms with Crippen molar-refractivity contribution in [3.63, 3.8) is 0 Å². The molecule has 25 heavy (non-hydrogen) atoms. The van der Waals surface area contributed by atoms with Crippen LogP contribution in [0.15, 0.2) is 54.6 Å². The third kappa shape index (κ3) is 3.31. The zero-order chi connectivity index (χ0) is 17.8. The number of rotatable bonds is 4. The van der Waals surface area contributed by atoms with E-state index < -0.39 is 5.97 Å². The Labute approximate surface area is 146 Å². The van der Waals surface area contributed by atoms with Crippen molar-refractivity contribution in [3.8, 4) is 11.8 Å². The van der Waals surface area contributed by atoms with E-state index in [1.807, 2.05) is 42.5 Å². The predicted molar refractivity (Wildman–Crippen MR) is 95.8 cm³/mol. The summed E-state index contributed by atoms with van der Waals surface area (Å²) in [6.07, 6.45) is 0.636. The maximum absolute atomic E-state index is 11.7. The molecule has 3 aromatic carbocycles. The van der Waals surface area contributed by atoms with E-state index in [2.05, 4.69) is 6.07 Å². The fraction of sp³-hybridized carbons (Fsp3) is 0.143. The summed E-state index contributed by atoms with van der Waals surface area (Å²) in [7, 11) is 2.93. The van der Waals surface area contributed by atoms with Gasteiger partial charge in [0.25, 0.3) is 0 Å². The highest BCUT2D eigenvalue weighted by atomic mass is 16.5. The van der Waals surface area contributed by atoms with Gasteiger partial charge >= 0.3 is 5.97 Å². The number of carbonyl (C=O) groups is 1. The van der Waals surface area contributed by atoms with Crippen molar-refractivity contribution < 1.29 is 14.3 Å². The minimum atomic E-state index is -0.395. The molecule has 0 bridgehead atoms. The lowest BCUT2D eigenvalue weighted by Gasteiger charge is -2.12. The van der Waals surface area contributed by atoms with E-state index in [0.29, 0.717) is 23.3 Å². The van der Waals surface area contributed by atoms with E-state index in [4.69, 9.17) is 14.7 Å². The molecule has 3 aromatic rings. The lowest BCUT2D eigenvalue weighted by atomic mass is 9.96. The summed E-state index contributed by atoms with van der Waals surface area (Å²) in [5.41, 5.74) is 3.14. The third-order valence-corrected chi connectivity index (χ3v) is 4.19. The highest BCUT2D eigenvalue weighted by Gasteiger charge is 2.12. The Hall–Kier alpha value is -3.32. The first kappa shape index (κ1) is 16.5. The second-order valence-electron chi connectivity index (χ2n) is 5.66. The molecule has 0 saturated carbocycles. The summed E-state index contributed by atoms with van der Waals surface area (Å²) >= 11 is 0. The fourth-order valence-corrected chi connectivity index (χ4v) is 2.90.